The van der Waals surface area contributed by atoms with Gasteiger partial charge in [0.05, 0.1) is 12.7 Å². The maximum Gasteiger partial charge on any atom is 0.335 e. The van der Waals surface area contributed by atoms with Crippen molar-refractivity contribution in [2.45, 2.75) is 19.4 Å². The smallest absolute Gasteiger partial charge is 0.335 e. The van der Waals surface area contributed by atoms with E-state index in [1.165, 1.54) is 13.2 Å². The molecule has 0 fully saturated rings. The van der Waals surface area contributed by atoms with Crippen LogP contribution in [0.2, 0.25) is 0 Å². The Morgan fingerprint density at radius 3 is 2.65 bits per heavy atom. The van der Waals surface area contributed by atoms with Gasteiger partial charge in [0.1, 0.15) is 6.04 Å². The molecule has 0 aliphatic carbocycles. The zero-order chi connectivity index (χ0) is 13.0. The molecular formula is C12H15NO4. The molecule has 1 rings (SSSR count). The van der Waals surface area contributed by atoms with Gasteiger partial charge in [0.2, 0.25) is 0 Å². The van der Waals surface area contributed by atoms with Crippen molar-refractivity contribution in [2.75, 3.05) is 7.11 Å². The Hall–Kier alpha value is -1.88. The predicted octanol–water partition coefficient (Wildman–Crippen LogP) is 0.736. The zero-order valence-electron chi connectivity index (χ0n) is 9.77. The fraction of sp³-hybridized carbons (Fsp3) is 0.333. The minimum Gasteiger partial charge on any atom is -0.478 e. The van der Waals surface area contributed by atoms with Gasteiger partial charge in [-0.15, -0.1) is 0 Å². The number of nitrogens with two attached hydrogens (primary N) is 1. The molecule has 0 radical (unpaired) electrons. The summed E-state index contributed by atoms with van der Waals surface area (Å²) in [5.74, 6) is -1.50. The number of carbonyl (C=O) groups is 2. The summed E-state index contributed by atoms with van der Waals surface area (Å²) in [6.07, 6.45) is 0.264. The van der Waals surface area contributed by atoms with E-state index >= 15 is 0 Å². The van der Waals surface area contributed by atoms with Crippen LogP contribution in [0.25, 0.3) is 0 Å². The van der Waals surface area contributed by atoms with E-state index in [0.29, 0.717) is 5.56 Å². The number of hydrogen-bond acceptors (Lipinski definition) is 4. The second kappa shape index (κ2) is 5.45. The third kappa shape index (κ3) is 3.04. The van der Waals surface area contributed by atoms with Crippen LogP contribution < -0.4 is 5.73 Å². The lowest BCUT2D eigenvalue weighted by atomic mass is 9.97. The number of carbonyl (C=O) groups excluding carboxylic acids is 1. The molecule has 0 amide bonds. The molecule has 0 saturated carbocycles. The number of hydrogen-bond donors (Lipinski definition) is 2. The van der Waals surface area contributed by atoms with Crippen LogP contribution in [0, 0.1) is 6.92 Å². The van der Waals surface area contributed by atoms with E-state index < -0.39 is 18.0 Å². The lowest BCUT2D eigenvalue weighted by Gasteiger charge is -2.12. The number of benzene rings is 1. The van der Waals surface area contributed by atoms with Crippen LogP contribution in [0.4, 0.5) is 0 Å². The van der Waals surface area contributed by atoms with E-state index in [1.54, 1.807) is 19.1 Å². The Balaban J connectivity index is 2.96. The van der Waals surface area contributed by atoms with Gasteiger partial charge in [-0.25, -0.2) is 4.79 Å². The molecule has 5 nitrogen and oxygen atoms in total. The Labute approximate surface area is 99.2 Å². The van der Waals surface area contributed by atoms with Crippen LogP contribution >= 0.6 is 0 Å². The maximum absolute atomic E-state index is 11.2. The highest BCUT2D eigenvalue weighted by Crippen LogP contribution is 2.15. The number of aromatic carboxylic acids is 1. The Morgan fingerprint density at radius 1 is 1.47 bits per heavy atom. The van der Waals surface area contributed by atoms with Crippen molar-refractivity contribution in [1.82, 2.24) is 0 Å². The first-order valence-corrected chi connectivity index (χ1v) is 5.12. The molecule has 0 aliphatic rings. The highest BCUT2D eigenvalue weighted by atomic mass is 16.5. The largest absolute Gasteiger partial charge is 0.478 e. The third-order valence-electron chi connectivity index (χ3n) is 2.62. The minimum atomic E-state index is -0.990. The fourth-order valence-corrected chi connectivity index (χ4v) is 1.61. The number of methoxy groups -OCH3 is 1. The zero-order valence-corrected chi connectivity index (χ0v) is 9.77. The maximum atomic E-state index is 11.2. The summed E-state index contributed by atoms with van der Waals surface area (Å²) < 4.78 is 4.52. The van der Waals surface area contributed by atoms with Crippen molar-refractivity contribution in [3.63, 3.8) is 0 Å². The highest BCUT2D eigenvalue weighted by Gasteiger charge is 2.17. The molecular weight excluding hydrogens is 222 g/mol. The van der Waals surface area contributed by atoms with E-state index in [-0.39, 0.29) is 12.0 Å². The van der Waals surface area contributed by atoms with E-state index in [4.69, 9.17) is 10.8 Å². The molecule has 1 atom stereocenters. The second-order valence-electron chi connectivity index (χ2n) is 3.73. The molecule has 1 aromatic carbocycles. The van der Waals surface area contributed by atoms with Crippen LogP contribution in [0.15, 0.2) is 18.2 Å². The fourth-order valence-electron chi connectivity index (χ4n) is 1.61. The van der Waals surface area contributed by atoms with E-state index in [0.717, 1.165) is 5.56 Å². The van der Waals surface area contributed by atoms with Crippen LogP contribution in [0.1, 0.15) is 21.5 Å². The normalized spacial score (nSPS) is 11.9. The van der Waals surface area contributed by atoms with Gasteiger partial charge in [-0.1, -0.05) is 12.1 Å². The molecule has 0 aromatic heterocycles. The van der Waals surface area contributed by atoms with Crippen LogP contribution in [-0.2, 0) is 16.0 Å². The molecule has 92 valence electrons. The van der Waals surface area contributed by atoms with Crippen LogP contribution in [0.3, 0.4) is 0 Å². The van der Waals surface area contributed by atoms with Gasteiger partial charge >= 0.3 is 11.9 Å². The number of esters is 1. The van der Waals surface area contributed by atoms with Crippen molar-refractivity contribution in [1.29, 1.82) is 0 Å². The second-order valence-corrected chi connectivity index (χ2v) is 3.73. The molecule has 0 bridgehead atoms. The number of carboxylic acids is 1. The van der Waals surface area contributed by atoms with Gasteiger partial charge in [0.15, 0.2) is 0 Å². The molecule has 3 N–H and O–H groups in total. The lowest BCUT2D eigenvalue weighted by Crippen LogP contribution is -2.34. The predicted molar refractivity (Wildman–Crippen MR) is 61.8 cm³/mol. The Kier molecular flexibility index (Phi) is 4.23. The summed E-state index contributed by atoms with van der Waals surface area (Å²) in [6, 6.07) is 4.13. The molecule has 0 spiro atoms. The summed E-state index contributed by atoms with van der Waals surface area (Å²) in [5, 5.41) is 8.96. The molecule has 0 unspecified atom stereocenters. The third-order valence-corrected chi connectivity index (χ3v) is 2.62. The monoisotopic (exact) mass is 237 g/mol. The van der Waals surface area contributed by atoms with Crippen molar-refractivity contribution in [3.05, 3.63) is 34.9 Å². The Bertz CT molecular complexity index is 442. The summed E-state index contributed by atoms with van der Waals surface area (Å²) in [7, 11) is 1.27. The number of rotatable bonds is 4. The van der Waals surface area contributed by atoms with Gasteiger partial charge in [0, 0.05) is 0 Å². The first-order chi connectivity index (χ1) is 7.97. The molecule has 0 saturated heterocycles. The standard InChI is InChI=1S/C12H15NO4/c1-7-8(6-10(13)12(16)17-2)4-3-5-9(7)11(14)15/h3-5,10H,6,13H2,1-2H3,(H,14,15)/t10-/m1/s1. The van der Waals surface area contributed by atoms with Crippen molar-refractivity contribution in [3.8, 4) is 0 Å². The highest BCUT2D eigenvalue weighted by molar-refractivity contribution is 5.89. The van der Waals surface area contributed by atoms with Gasteiger partial charge in [0.25, 0.3) is 0 Å². The molecule has 0 aliphatic heterocycles. The number of ether oxygens (including phenoxy) is 1. The molecule has 1 aromatic rings. The number of carboxylic acid groups (broad SMARTS) is 1. The average Bonchev–Trinajstić information content (AvgIpc) is 2.30. The van der Waals surface area contributed by atoms with E-state index in [9.17, 15) is 9.59 Å². The molecule has 5 heteroatoms. The summed E-state index contributed by atoms with van der Waals surface area (Å²) in [4.78, 5) is 22.1. The van der Waals surface area contributed by atoms with Crippen LogP contribution in [0.5, 0.6) is 0 Å². The van der Waals surface area contributed by atoms with E-state index in [1.807, 2.05) is 0 Å². The average molecular weight is 237 g/mol. The van der Waals surface area contributed by atoms with Crippen molar-refractivity contribution >= 4 is 11.9 Å². The van der Waals surface area contributed by atoms with Gasteiger partial charge in [-0.05, 0) is 30.5 Å². The summed E-state index contributed by atoms with van der Waals surface area (Å²) >= 11 is 0. The Morgan fingerprint density at radius 2 is 2.12 bits per heavy atom. The minimum absolute atomic E-state index is 0.222. The van der Waals surface area contributed by atoms with Gasteiger partial charge in [-0.2, -0.15) is 0 Å². The van der Waals surface area contributed by atoms with Gasteiger partial charge < -0.3 is 15.6 Å². The first kappa shape index (κ1) is 13.2. The van der Waals surface area contributed by atoms with Gasteiger partial charge in [-0.3, -0.25) is 4.79 Å². The molecule has 17 heavy (non-hydrogen) atoms. The topological polar surface area (TPSA) is 89.6 Å². The summed E-state index contributed by atoms with van der Waals surface area (Å²) in [5.41, 5.74) is 7.22. The van der Waals surface area contributed by atoms with Crippen LogP contribution in [-0.4, -0.2) is 30.2 Å². The lowest BCUT2D eigenvalue weighted by molar-refractivity contribution is -0.142. The first-order valence-electron chi connectivity index (χ1n) is 5.12. The van der Waals surface area contributed by atoms with Crippen molar-refractivity contribution < 1.29 is 19.4 Å². The molecule has 0 heterocycles. The van der Waals surface area contributed by atoms with Crippen molar-refractivity contribution in [2.24, 2.45) is 5.73 Å². The van der Waals surface area contributed by atoms with E-state index in [2.05, 4.69) is 4.74 Å². The SMILES string of the molecule is COC(=O)[C@H](N)Cc1cccc(C(=O)O)c1C. The quantitative estimate of drug-likeness (QED) is 0.754. The summed E-state index contributed by atoms with van der Waals surface area (Å²) in [6.45, 7) is 1.70.